The maximum atomic E-state index is 12.5. The molecular weight excluding hydrogens is 830 g/mol. The van der Waals surface area contributed by atoms with Crippen molar-refractivity contribution in [3.63, 3.8) is 0 Å². The Morgan fingerprint density at radius 2 is 1.32 bits per heavy atom. The largest absolute Gasteiger partial charge is 0.384 e. The fourth-order valence-corrected chi connectivity index (χ4v) is 6.60. The van der Waals surface area contributed by atoms with E-state index in [0.29, 0.717) is 46.4 Å². The van der Waals surface area contributed by atoms with E-state index < -0.39 is 0 Å². The first kappa shape index (κ1) is 44.0. The molecule has 1 amide bonds. The van der Waals surface area contributed by atoms with E-state index in [1.165, 1.54) is 0 Å². The highest BCUT2D eigenvalue weighted by molar-refractivity contribution is 6.31. The topological polar surface area (TPSA) is 186 Å². The van der Waals surface area contributed by atoms with Crippen LogP contribution < -0.4 is 11.1 Å². The molecule has 0 fully saturated rings. The predicted molar refractivity (Wildman–Crippen MR) is 238 cm³/mol. The van der Waals surface area contributed by atoms with Gasteiger partial charge in [-0.1, -0.05) is 70.8 Å². The van der Waals surface area contributed by atoms with Crippen molar-refractivity contribution in [2.75, 3.05) is 5.73 Å². The lowest BCUT2D eigenvalue weighted by Crippen LogP contribution is -2.24. The normalized spacial score (nSPS) is 10.5. The van der Waals surface area contributed by atoms with E-state index in [2.05, 4.69) is 45.6 Å². The lowest BCUT2D eigenvalue weighted by atomic mass is 10.1. The number of pyridine rings is 4. The first-order valence-electron chi connectivity index (χ1n) is 17.6. The maximum Gasteiger partial charge on any atom is 0.273 e. The molecule has 5 aromatic heterocycles. The minimum Gasteiger partial charge on any atom is -0.384 e. The number of nitrogens with zero attached hydrogens (tertiary/aromatic N) is 10. The summed E-state index contributed by atoms with van der Waals surface area (Å²) >= 11 is 23.4. The molecule has 8 aromatic rings. The van der Waals surface area contributed by atoms with Gasteiger partial charge in [0.15, 0.2) is 5.69 Å². The van der Waals surface area contributed by atoms with E-state index in [1.54, 1.807) is 35.5 Å². The summed E-state index contributed by atoms with van der Waals surface area (Å²) in [5.41, 5.74) is 22.6. The Morgan fingerprint density at radius 1 is 0.797 bits per heavy atom. The minimum absolute atomic E-state index is 0. The molecule has 3 aromatic carbocycles. The van der Waals surface area contributed by atoms with Crippen molar-refractivity contribution >= 4 is 90.8 Å². The molecule has 0 aliphatic heterocycles. The standard InChI is InChI=1S/C21H20ClN7O.C10H7Cl2N.C10H7ClN4.CH4/c1-12-5-20(23)26-13(2)17(12)9-25-21(30)19-11-29(28-27-19)10-14-3-4-18-15(6-14)7-16(22)8-24-18;11-5-7-1-2-10-8(3-7)4-9(12)6-13-10;11-9-4-8-3-7(5-14-15-12)1-2-10(8)13-6-9;/h3-8,11H,9-10H2,1-2H3,(H2,23,26)(H,25,30);1-4,6H,5H2;1-4,6H,5H2;1H4. The zero-order valence-corrected chi connectivity index (χ0v) is 34.1. The molecule has 0 spiro atoms. The third-order valence-corrected chi connectivity index (χ3v) is 9.65. The van der Waals surface area contributed by atoms with Crippen molar-refractivity contribution in [3.8, 4) is 0 Å². The molecule has 59 heavy (non-hydrogen) atoms. The van der Waals surface area contributed by atoms with E-state index in [9.17, 15) is 4.79 Å². The van der Waals surface area contributed by atoms with Crippen molar-refractivity contribution < 1.29 is 4.79 Å². The van der Waals surface area contributed by atoms with Crippen LogP contribution in [0.4, 0.5) is 5.82 Å². The molecule has 0 aliphatic carbocycles. The van der Waals surface area contributed by atoms with Gasteiger partial charge in [0.1, 0.15) is 5.82 Å². The van der Waals surface area contributed by atoms with Gasteiger partial charge in [-0.05, 0) is 108 Å². The van der Waals surface area contributed by atoms with E-state index in [1.807, 2.05) is 86.6 Å². The van der Waals surface area contributed by atoms with Crippen molar-refractivity contribution in [2.45, 2.75) is 46.8 Å². The number of halogens is 4. The van der Waals surface area contributed by atoms with Gasteiger partial charge >= 0.3 is 0 Å². The van der Waals surface area contributed by atoms with Gasteiger partial charge in [0.25, 0.3) is 5.91 Å². The number of rotatable bonds is 8. The number of aryl methyl sites for hydroxylation is 2. The number of benzene rings is 3. The van der Waals surface area contributed by atoms with Crippen molar-refractivity contribution in [1.82, 2.24) is 40.2 Å². The van der Waals surface area contributed by atoms with E-state index >= 15 is 0 Å². The zero-order chi connectivity index (χ0) is 41.2. The molecule has 5 heterocycles. The molecule has 0 saturated carbocycles. The lowest BCUT2D eigenvalue weighted by molar-refractivity contribution is 0.0945. The number of nitrogens with two attached hydrogens (primary N) is 1. The smallest absolute Gasteiger partial charge is 0.273 e. The maximum absolute atomic E-state index is 12.5. The number of carbonyl (C=O) groups excluding carboxylic acids is 1. The highest BCUT2D eigenvalue weighted by atomic mass is 35.5. The second-order valence-electron chi connectivity index (χ2n) is 13.0. The average Bonchev–Trinajstić information content (AvgIpc) is 3.68. The highest BCUT2D eigenvalue weighted by Gasteiger charge is 2.13. The predicted octanol–water partition coefficient (Wildman–Crippen LogP) is 11.0. The van der Waals surface area contributed by atoms with Crippen LogP contribution in [0.1, 0.15) is 51.4 Å². The fourth-order valence-electron chi connectivity index (χ4n) is 5.94. The minimum atomic E-state index is -0.300. The van der Waals surface area contributed by atoms with Gasteiger partial charge in [0.05, 0.1) is 50.9 Å². The van der Waals surface area contributed by atoms with Gasteiger partial charge in [-0.3, -0.25) is 19.7 Å². The van der Waals surface area contributed by atoms with Crippen molar-refractivity contribution in [1.29, 1.82) is 0 Å². The second kappa shape index (κ2) is 20.6. The average molecular weight is 869 g/mol. The number of nitrogens with one attached hydrogen (secondary N) is 1. The third kappa shape index (κ3) is 12.0. The summed E-state index contributed by atoms with van der Waals surface area (Å²) in [4.78, 5) is 32.1. The Kier molecular flexibility index (Phi) is 15.3. The zero-order valence-electron chi connectivity index (χ0n) is 31.1. The molecular formula is C42H38Cl4N12O. The Morgan fingerprint density at radius 3 is 1.86 bits per heavy atom. The summed E-state index contributed by atoms with van der Waals surface area (Å²) in [6, 6.07) is 24.9. The van der Waals surface area contributed by atoms with Crippen LogP contribution >= 0.6 is 46.4 Å². The van der Waals surface area contributed by atoms with Crippen molar-refractivity contribution in [3.05, 3.63) is 168 Å². The molecule has 300 valence electrons. The number of hydrogen-bond acceptors (Lipinski definition) is 9. The monoisotopic (exact) mass is 866 g/mol. The van der Waals surface area contributed by atoms with Gasteiger partial charge in [0.2, 0.25) is 0 Å². The Labute approximate surface area is 360 Å². The number of aromatic nitrogens is 7. The molecule has 0 atom stereocenters. The van der Waals surface area contributed by atoms with E-state index in [0.717, 1.165) is 66.2 Å². The molecule has 17 heteroatoms. The van der Waals surface area contributed by atoms with Crippen LogP contribution in [0.25, 0.3) is 43.2 Å². The van der Waals surface area contributed by atoms with Crippen molar-refractivity contribution in [2.24, 2.45) is 5.11 Å². The number of hydrogen-bond donors (Lipinski definition) is 2. The summed E-state index contributed by atoms with van der Waals surface area (Å²) < 4.78 is 1.62. The summed E-state index contributed by atoms with van der Waals surface area (Å²) in [6.45, 7) is 4.97. The van der Waals surface area contributed by atoms with Crippen LogP contribution in [0.5, 0.6) is 0 Å². The number of anilines is 1. The highest BCUT2D eigenvalue weighted by Crippen LogP contribution is 2.21. The van der Waals surface area contributed by atoms with Crippen LogP contribution in [0.2, 0.25) is 15.1 Å². The summed E-state index contributed by atoms with van der Waals surface area (Å²) in [7, 11) is 0. The molecule has 0 bridgehead atoms. The van der Waals surface area contributed by atoms with Crippen LogP contribution in [0.15, 0.2) is 109 Å². The third-order valence-electron chi connectivity index (χ3n) is 8.72. The van der Waals surface area contributed by atoms with Crippen LogP contribution in [-0.2, 0) is 25.5 Å². The van der Waals surface area contributed by atoms with Crippen LogP contribution in [0.3, 0.4) is 0 Å². The van der Waals surface area contributed by atoms with Crippen LogP contribution in [-0.4, -0.2) is 40.8 Å². The Balaban J connectivity index is 0.000000190. The number of amides is 1. The van der Waals surface area contributed by atoms with Gasteiger partial charge in [0, 0.05) is 57.8 Å². The number of fused-ring (bicyclic) bond motifs is 3. The molecule has 8 rings (SSSR count). The fraction of sp³-hybridized carbons (Fsp3) is 0.167. The van der Waals surface area contributed by atoms with Gasteiger partial charge in [-0.2, -0.15) is 0 Å². The SMILES string of the molecule is C.Cc1cc(N)nc(C)c1CNC(=O)c1cn(Cc2ccc3ncc(Cl)cc3c2)nn1.ClCc1ccc2ncc(Cl)cc2c1.[N-]=[N+]=NCc1ccc2ncc(Cl)cc2c1. The number of carbonyl (C=O) groups is 1. The van der Waals surface area contributed by atoms with E-state index in [4.69, 9.17) is 57.7 Å². The second-order valence-corrected chi connectivity index (χ2v) is 14.6. The number of nitrogen functional groups attached to an aromatic ring is 1. The number of alkyl halides is 1. The van der Waals surface area contributed by atoms with Gasteiger partial charge in [-0.25, -0.2) is 9.67 Å². The van der Waals surface area contributed by atoms with Crippen LogP contribution in [0, 0.1) is 13.8 Å². The summed E-state index contributed by atoms with van der Waals surface area (Å²) in [6.07, 6.45) is 6.49. The lowest BCUT2D eigenvalue weighted by Gasteiger charge is -2.10. The molecule has 0 radical (unpaired) electrons. The van der Waals surface area contributed by atoms with Gasteiger partial charge < -0.3 is 11.1 Å². The first-order valence-corrected chi connectivity index (χ1v) is 19.2. The van der Waals surface area contributed by atoms with Gasteiger partial charge in [-0.15, -0.1) is 16.7 Å². The Bertz CT molecular complexity index is 2790. The molecule has 0 aliphatic rings. The quantitative estimate of drug-likeness (QED) is 0.0653. The summed E-state index contributed by atoms with van der Waals surface area (Å²) in [5, 5.41) is 19.2. The Hall–Kier alpha value is -6.08. The van der Waals surface area contributed by atoms with E-state index in [-0.39, 0.29) is 19.0 Å². The molecule has 13 nitrogen and oxygen atoms in total. The molecule has 0 unspecified atom stereocenters. The molecule has 0 saturated heterocycles. The first-order chi connectivity index (χ1) is 28.0. The number of azide groups is 1. The molecule has 3 N–H and O–H groups in total. The summed E-state index contributed by atoms with van der Waals surface area (Å²) in [5.74, 6) is 0.684.